The highest BCUT2D eigenvalue weighted by Crippen LogP contribution is 2.28. The Bertz CT molecular complexity index is 437. The molecule has 1 aromatic rings. The zero-order valence-electron chi connectivity index (χ0n) is 10.8. The molecule has 0 spiro atoms. The minimum atomic E-state index is -0.582. The van der Waals surface area contributed by atoms with E-state index in [1.807, 2.05) is 12.1 Å². The summed E-state index contributed by atoms with van der Waals surface area (Å²) in [5, 5.41) is 9.59. The SMILES string of the molecule is COC(=O)c1cc(C(C)O)ccc1N1CCCC1. The highest BCUT2D eigenvalue weighted by atomic mass is 16.5. The van der Waals surface area contributed by atoms with Crippen LogP contribution in [0, 0.1) is 0 Å². The second-order valence-electron chi connectivity index (χ2n) is 4.64. The molecule has 1 fully saturated rings. The van der Waals surface area contributed by atoms with Gasteiger partial charge >= 0.3 is 5.97 Å². The number of esters is 1. The number of aliphatic hydroxyl groups excluding tert-OH is 1. The fourth-order valence-electron chi connectivity index (χ4n) is 2.32. The summed E-state index contributed by atoms with van der Waals surface area (Å²) in [5.74, 6) is -0.348. The highest BCUT2D eigenvalue weighted by Gasteiger charge is 2.21. The van der Waals surface area contributed by atoms with Crippen molar-refractivity contribution < 1.29 is 14.6 Å². The third kappa shape index (κ3) is 2.48. The lowest BCUT2D eigenvalue weighted by atomic mass is 10.0. The van der Waals surface area contributed by atoms with Gasteiger partial charge in [0.1, 0.15) is 0 Å². The molecule has 0 amide bonds. The first-order valence-corrected chi connectivity index (χ1v) is 6.28. The van der Waals surface area contributed by atoms with E-state index in [2.05, 4.69) is 4.90 Å². The van der Waals surface area contributed by atoms with Crippen LogP contribution in [0.5, 0.6) is 0 Å². The summed E-state index contributed by atoms with van der Waals surface area (Å²) in [7, 11) is 1.38. The summed E-state index contributed by atoms with van der Waals surface area (Å²) in [6.07, 6.45) is 1.72. The number of methoxy groups -OCH3 is 1. The van der Waals surface area contributed by atoms with Crippen molar-refractivity contribution in [1.82, 2.24) is 0 Å². The van der Waals surface area contributed by atoms with Crippen LogP contribution in [-0.2, 0) is 4.74 Å². The summed E-state index contributed by atoms with van der Waals surface area (Å²) < 4.78 is 4.82. The summed E-state index contributed by atoms with van der Waals surface area (Å²) >= 11 is 0. The third-order valence-electron chi connectivity index (χ3n) is 3.36. The molecule has 1 aliphatic rings. The van der Waals surface area contributed by atoms with Gasteiger partial charge in [0.25, 0.3) is 0 Å². The average molecular weight is 249 g/mol. The van der Waals surface area contributed by atoms with Crippen LogP contribution in [0.1, 0.15) is 41.8 Å². The quantitative estimate of drug-likeness (QED) is 0.834. The molecule has 98 valence electrons. The first-order chi connectivity index (χ1) is 8.63. The smallest absolute Gasteiger partial charge is 0.339 e. The summed E-state index contributed by atoms with van der Waals surface area (Å²) in [4.78, 5) is 14.0. The van der Waals surface area contributed by atoms with Crippen LogP contribution in [-0.4, -0.2) is 31.3 Å². The maximum absolute atomic E-state index is 11.8. The predicted octanol–water partition coefficient (Wildman–Crippen LogP) is 2.13. The molecule has 0 radical (unpaired) electrons. The van der Waals surface area contributed by atoms with Gasteiger partial charge in [-0.2, -0.15) is 0 Å². The number of benzene rings is 1. The molecule has 1 heterocycles. The second kappa shape index (κ2) is 5.40. The Morgan fingerprint density at radius 1 is 1.39 bits per heavy atom. The number of anilines is 1. The molecule has 0 aromatic heterocycles. The van der Waals surface area contributed by atoms with Crippen molar-refractivity contribution in [3.63, 3.8) is 0 Å². The van der Waals surface area contributed by atoms with Crippen molar-refractivity contribution in [2.45, 2.75) is 25.9 Å². The Hall–Kier alpha value is -1.55. The van der Waals surface area contributed by atoms with E-state index in [-0.39, 0.29) is 5.97 Å². The number of rotatable bonds is 3. The number of carbonyl (C=O) groups is 1. The van der Waals surface area contributed by atoms with Crippen LogP contribution in [0.25, 0.3) is 0 Å². The Kier molecular flexibility index (Phi) is 3.87. The van der Waals surface area contributed by atoms with Crippen molar-refractivity contribution in [3.05, 3.63) is 29.3 Å². The molecule has 0 saturated carbocycles. The molecule has 1 unspecified atom stereocenters. The maximum Gasteiger partial charge on any atom is 0.339 e. The van der Waals surface area contributed by atoms with Crippen molar-refractivity contribution >= 4 is 11.7 Å². The van der Waals surface area contributed by atoms with E-state index >= 15 is 0 Å². The van der Waals surface area contributed by atoms with Crippen LogP contribution in [0.3, 0.4) is 0 Å². The molecule has 4 nitrogen and oxygen atoms in total. The van der Waals surface area contributed by atoms with Gasteiger partial charge in [-0.25, -0.2) is 4.79 Å². The van der Waals surface area contributed by atoms with E-state index in [0.717, 1.165) is 37.2 Å². The van der Waals surface area contributed by atoms with E-state index in [1.165, 1.54) is 7.11 Å². The van der Waals surface area contributed by atoms with Crippen molar-refractivity contribution in [2.24, 2.45) is 0 Å². The molecule has 1 atom stereocenters. The molecule has 0 aliphatic carbocycles. The molecule has 18 heavy (non-hydrogen) atoms. The molecule has 0 bridgehead atoms. The van der Waals surface area contributed by atoms with Crippen LogP contribution in [0.15, 0.2) is 18.2 Å². The molecule has 2 rings (SSSR count). The van der Waals surface area contributed by atoms with Gasteiger partial charge < -0.3 is 14.7 Å². The van der Waals surface area contributed by atoms with E-state index < -0.39 is 6.10 Å². The standard InChI is InChI=1S/C14H19NO3/c1-10(16)11-5-6-13(15-7-3-4-8-15)12(9-11)14(17)18-2/h5-6,9-10,16H,3-4,7-8H2,1-2H3. The zero-order valence-corrected chi connectivity index (χ0v) is 10.8. The summed E-state index contributed by atoms with van der Waals surface area (Å²) in [5.41, 5.74) is 2.18. The summed E-state index contributed by atoms with van der Waals surface area (Å²) in [6.45, 7) is 3.63. The number of carbonyl (C=O) groups excluding carboxylic acids is 1. The van der Waals surface area contributed by atoms with Crippen LogP contribution in [0.4, 0.5) is 5.69 Å². The topological polar surface area (TPSA) is 49.8 Å². The normalized spacial score (nSPS) is 16.7. The number of hydrogen-bond acceptors (Lipinski definition) is 4. The minimum absolute atomic E-state index is 0.348. The number of hydrogen-bond donors (Lipinski definition) is 1. The fraction of sp³-hybridized carbons (Fsp3) is 0.500. The van der Waals surface area contributed by atoms with Gasteiger partial charge in [-0.15, -0.1) is 0 Å². The highest BCUT2D eigenvalue weighted by molar-refractivity contribution is 5.96. The zero-order chi connectivity index (χ0) is 13.1. The second-order valence-corrected chi connectivity index (χ2v) is 4.64. The number of nitrogens with zero attached hydrogens (tertiary/aromatic N) is 1. The number of ether oxygens (including phenoxy) is 1. The number of aliphatic hydroxyl groups is 1. The molecular weight excluding hydrogens is 230 g/mol. The molecule has 4 heteroatoms. The van der Waals surface area contributed by atoms with Crippen molar-refractivity contribution in [1.29, 1.82) is 0 Å². The Balaban J connectivity index is 2.41. The molecular formula is C14H19NO3. The average Bonchev–Trinajstić information content (AvgIpc) is 2.90. The van der Waals surface area contributed by atoms with Gasteiger partial charge in [0.15, 0.2) is 0 Å². The van der Waals surface area contributed by atoms with E-state index in [9.17, 15) is 9.90 Å². The van der Waals surface area contributed by atoms with E-state index in [4.69, 9.17) is 4.74 Å². The van der Waals surface area contributed by atoms with E-state index in [1.54, 1.807) is 13.0 Å². The maximum atomic E-state index is 11.8. The van der Waals surface area contributed by atoms with Gasteiger partial charge in [0, 0.05) is 13.1 Å². The van der Waals surface area contributed by atoms with Gasteiger partial charge in [-0.3, -0.25) is 0 Å². The van der Waals surface area contributed by atoms with Crippen LogP contribution in [0.2, 0.25) is 0 Å². The van der Waals surface area contributed by atoms with Gasteiger partial charge in [0.2, 0.25) is 0 Å². The molecule has 1 N–H and O–H groups in total. The van der Waals surface area contributed by atoms with Crippen LogP contribution < -0.4 is 4.90 Å². The molecule has 1 saturated heterocycles. The molecule has 1 aliphatic heterocycles. The fourth-order valence-corrected chi connectivity index (χ4v) is 2.32. The van der Waals surface area contributed by atoms with E-state index in [0.29, 0.717) is 5.56 Å². The molecule has 1 aromatic carbocycles. The monoisotopic (exact) mass is 249 g/mol. The van der Waals surface area contributed by atoms with Crippen LogP contribution >= 0.6 is 0 Å². The first-order valence-electron chi connectivity index (χ1n) is 6.28. The Morgan fingerprint density at radius 3 is 2.61 bits per heavy atom. The van der Waals surface area contributed by atoms with Crippen molar-refractivity contribution in [3.8, 4) is 0 Å². The third-order valence-corrected chi connectivity index (χ3v) is 3.36. The summed E-state index contributed by atoms with van der Waals surface area (Å²) in [6, 6.07) is 5.49. The first kappa shape index (κ1) is 12.9. The lowest BCUT2D eigenvalue weighted by Gasteiger charge is -2.21. The Morgan fingerprint density at radius 2 is 2.06 bits per heavy atom. The van der Waals surface area contributed by atoms with Gasteiger partial charge in [0.05, 0.1) is 24.5 Å². The van der Waals surface area contributed by atoms with Crippen molar-refractivity contribution in [2.75, 3.05) is 25.1 Å². The Labute approximate surface area is 107 Å². The van der Waals surface area contributed by atoms with Gasteiger partial charge in [-0.1, -0.05) is 6.07 Å². The predicted molar refractivity (Wildman–Crippen MR) is 69.9 cm³/mol. The van der Waals surface area contributed by atoms with Gasteiger partial charge in [-0.05, 0) is 37.5 Å². The largest absolute Gasteiger partial charge is 0.465 e. The lowest BCUT2D eigenvalue weighted by molar-refractivity contribution is 0.0601. The minimum Gasteiger partial charge on any atom is -0.465 e. The lowest BCUT2D eigenvalue weighted by Crippen LogP contribution is -2.21.